The van der Waals surface area contributed by atoms with Crippen LogP contribution >= 0.6 is 11.6 Å². The van der Waals surface area contributed by atoms with Crippen LogP contribution in [0.3, 0.4) is 0 Å². The van der Waals surface area contributed by atoms with Gasteiger partial charge in [-0.2, -0.15) is 0 Å². The minimum Gasteiger partial charge on any atom is -0.444 e. The second-order valence-electron chi connectivity index (χ2n) is 12.0. The second kappa shape index (κ2) is 12.1. The summed E-state index contributed by atoms with van der Waals surface area (Å²) in [6.07, 6.45) is 3.81. The summed E-state index contributed by atoms with van der Waals surface area (Å²) in [5.41, 5.74) is 0.852. The number of hydrogen-bond donors (Lipinski definition) is 1. The van der Waals surface area contributed by atoms with Crippen LogP contribution in [0.5, 0.6) is 0 Å². The van der Waals surface area contributed by atoms with E-state index in [0.717, 1.165) is 50.0 Å². The van der Waals surface area contributed by atoms with E-state index in [1.165, 1.54) is 6.26 Å². The van der Waals surface area contributed by atoms with Crippen LogP contribution in [0.1, 0.15) is 63.6 Å². The van der Waals surface area contributed by atoms with E-state index in [-0.39, 0.29) is 22.3 Å². The van der Waals surface area contributed by atoms with Gasteiger partial charge in [0.2, 0.25) is 5.91 Å². The summed E-state index contributed by atoms with van der Waals surface area (Å²) in [7, 11) is -3.25. The number of piperidine rings is 1. The number of rotatable bonds is 8. The molecule has 2 heterocycles. The molecular formula is C30H40ClN3O5S. The van der Waals surface area contributed by atoms with Gasteiger partial charge in [0.15, 0.2) is 9.84 Å². The third-order valence-electron chi connectivity index (χ3n) is 7.84. The van der Waals surface area contributed by atoms with Crippen molar-refractivity contribution >= 4 is 33.4 Å². The highest BCUT2D eigenvalue weighted by Crippen LogP contribution is 2.42. The van der Waals surface area contributed by atoms with Crippen molar-refractivity contribution in [3.8, 4) is 0 Å². The average Bonchev–Trinajstić information content (AvgIpc) is 3.16. The number of benzene rings is 2. The van der Waals surface area contributed by atoms with Gasteiger partial charge in [-0.1, -0.05) is 41.9 Å². The average molecular weight is 590 g/mol. The summed E-state index contributed by atoms with van der Waals surface area (Å²) in [5, 5.41) is 3.60. The maximum atomic E-state index is 13.5. The topological polar surface area (TPSA) is 96.0 Å². The Bertz CT molecular complexity index is 1320. The smallest absolute Gasteiger partial charge is 0.408 e. The molecule has 1 spiro atoms. The van der Waals surface area contributed by atoms with E-state index in [4.69, 9.17) is 16.3 Å². The third-order valence-corrected chi connectivity index (χ3v) is 9.32. The van der Waals surface area contributed by atoms with E-state index in [1.807, 2.05) is 49.9 Å². The van der Waals surface area contributed by atoms with Crippen LogP contribution in [-0.2, 0) is 25.9 Å². The minimum absolute atomic E-state index is 0.194. The maximum absolute atomic E-state index is 13.5. The number of carbonyl (C=O) groups excluding carboxylic acids is 2. The van der Waals surface area contributed by atoms with Gasteiger partial charge < -0.3 is 19.9 Å². The van der Waals surface area contributed by atoms with Crippen LogP contribution in [0.15, 0.2) is 53.4 Å². The largest absolute Gasteiger partial charge is 0.444 e. The first-order chi connectivity index (χ1) is 18.8. The number of nitrogens with one attached hydrogen (secondary N) is 1. The van der Waals surface area contributed by atoms with Gasteiger partial charge in [0, 0.05) is 30.9 Å². The van der Waals surface area contributed by atoms with Gasteiger partial charge in [-0.25, -0.2) is 13.2 Å². The fraction of sp³-hybridized carbons (Fsp3) is 0.533. The molecule has 0 radical (unpaired) electrons. The Kier molecular flexibility index (Phi) is 9.17. The first-order valence-electron chi connectivity index (χ1n) is 13.8. The van der Waals surface area contributed by atoms with E-state index < -0.39 is 21.5 Å². The fourth-order valence-corrected chi connectivity index (χ4v) is 6.50. The minimum atomic E-state index is -3.25. The van der Waals surface area contributed by atoms with Crippen LogP contribution in [0.25, 0.3) is 0 Å². The summed E-state index contributed by atoms with van der Waals surface area (Å²) in [5.74, 6) is 0.194. The molecule has 10 heteroatoms. The molecular weight excluding hydrogens is 550 g/mol. The zero-order valence-electron chi connectivity index (χ0n) is 23.8. The molecule has 40 heavy (non-hydrogen) atoms. The zero-order chi connectivity index (χ0) is 29.1. The normalized spacial score (nSPS) is 18.6. The predicted octanol–water partition coefficient (Wildman–Crippen LogP) is 5.21. The Morgan fingerprint density at radius 3 is 2.27 bits per heavy atom. The molecule has 0 aliphatic carbocycles. The molecule has 1 unspecified atom stereocenters. The molecule has 0 saturated carbocycles. The Morgan fingerprint density at radius 2 is 1.68 bits per heavy atom. The number of halogens is 1. The number of amides is 2. The van der Waals surface area contributed by atoms with Crippen molar-refractivity contribution in [1.29, 1.82) is 0 Å². The molecule has 0 bridgehead atoms. The third kappa shape index (κ3) is 7.56. The van der Waals surface area contributed by atoms with Gasteiger partial charge in [-0.3, -0.25) is 4.79 Å². The van der Waals surface area contributed by atoms with Gasteiger partial charge in [-0.15, -0.1) is 0 Å². The maximum Gasteiger partial charge on any atom is 0.408 e. The van der Waals surface area contributed by atoms with Gasteiger partial charge in [0.25, 0.3) is 0 Å². The van der Waals surface area contributed by atoms with Crippen molar-refractivity contribution < 1.29 is 22.7 Å². The summed E-state index contributed by atoms with van der Waals surface area (Å²) in [4.78, 5) is 30.6. The Labute approximate surface area is 242 Å². The van der Waals surface area contributed by atoms with Crippen LogP contribution in [0, 0.1) is 5.41 Å². The number of likely N-dealkylation sites (tertiary alicyclic amines) is 2. The number of sulfone groups is 1. The Hall–Kier alpha value is -2.62. The lowest BCUT2D eigenvalue weighted by atomic mass is 9.77. The van der Waals surface area contributed by atoms with Crippen molar-refractivity contribution in [3.05, 3.63) is 64.7 Å². The molecule has 2 amide bonds. The molecule has 8 nitrogen and oxygen atoms in total. The number of ether oxygens (including phenoxy) is 1. The SMILES string of the molecule is CC(C)(C)OC(=O)NC(CCN1CCC2(CC1)CCN(Cc1ccc(S(C)(=O)=O)cc1)C2=O)c1ccccc1Cl. The van der Waals surface area contributed by atoms with Crippen LogP contribution in [0.2, 0.25) is 5.02 Å². The highest BCUT2D eigenvalue weighted by molar-refractivity contribution is 7.90. The van der Waals surface area contributed by atoms with Crippen molar-refractivity contribution in [2.45, 2.75) is 69.5 Å². The second-order valence-corrected chi connectivity index (χ2v) is 14.4. The lowest BCUT2D eigenvalue weighted by Gasteiger charge is -2.38. The summed E-state index contributed by atoms with van der Waals surface area (Å²) < 4.78 is 29.0. The van der Waals surface area contributed by atoms with Crippen molar-refractivity contribution in [2.75, 3.05) is 32.4 Å². The molecule has 2 aliphatic rings. The Balaban J connectivity index is 1.33. The molecule has 2 aromatic rings. The standard InChI is InChI=1S/C30H40ClN3O5S/c1-29(2,3)39-28(36)32-26(24-7-5-6-8-25(24)31)13-17-33-18-14-30(15-19-33)16-20-34(27(30)35)21-22-9-11-23(12-10-22)40(4,37)38/h5-12,26H,13-21H2,1-4H3,(H,32,36). The van der Waals surface area contributed by atoms with Crippen molar-refractivity contribution in [2.24, 2.45) is 5.41 Å². The molecule has 2 aliphatic heterocycles. The number of carbonyl (C=O) groups is 2. The number of alkyl carbamates (subject to hydrolysis) is 1. The lowest BCUT2D eigenvalue weighted by Crippen LogP contribution is -2.45. The summed E-state index contributed by atoms with van der Waals surface area (Å²) >= 11 is 6.48. The fourth-order valence-electron chi connectivity index (χ4n) is 5.60. The molecule has 2 aromatic carbocycles. The predicted molar refractivity (Wildman–Crippen MR) is 156 cm³/mol. The number of nitrogens with zero attached hydrogens (tertiary/aromatic N) is 2. The molecule has 2 fully saturated rings. The van der Waals surface area contributed by atoms with E-state index in [2.05, 4.69) is 10.2 Å². The first kappa shape index (κ1) is 30.3. The van der Waals surface area contributed by atoms with E-state index in [9.17, 15) is 18.0 Å². The van der Waals surface area contributed by atoms with Crippen molar-refractivity contribution in [3.63, 3.8) is 0 Å². The summed E-state index contributed by atoms with van der Waals surface area (Å²) in [6, 6.07) is 14.0. The monoisotopic (exact) mass is 589 g/mol. The lowest BCUT2D eigenvalue weighted by molar-refractivity contribution is -0.138. The van der Waals surface area contributed by atoms with Gasteiger partial charge in [0.05, 0.1) is 16.4 Å². The van der Waals surface area contributed by atoms with Gasteiger partial charge >= 0.3 is 6.09 Å². The van der Waals surface area contributed by atoms with Crippen LogP contribution < -0.4 is 5.32 Å². The molecule has 1 N–H and O–H groups in total. The van der Waals surface area contributed by atoms with Crippen LogP contribution in [0.4, 0.5) is 4.79 Å². The summed E-state index contributed by atoms with van der Waals surface area (Å²) in [6.45, 7) is 9.08. The number of hydrogen-bond acceptors (Lipinski definition) is 6. The molecule has 2 saturated heterocycles. The first-order valence-corrected chi connectivity index (χ1v) is 16.1. The highest BCUT2D eigenvalue weighted by atomic mass is 35.5. The molecule has 1 atom stereocenters. The van der Waals surface area contributed by atoms with Crippen LogP contribution in [-0.4, -0.2) is 68.3 Å². The van der Waals surface area contributed by atoms with E-state index in [0.29, 0.717) is 24.5 Å². The molecule has 4 rings (SSSR count). The van der Waals surface area contributed by atoms with Gasteiger partial charge in [0.1, 0.15) is 5.60 Å². The van der Waals surface area contributed by atoms with E-state index in [1.54, 1.807) is 24.3 Å². The van der Waals surface area contributed by atoms with Crippen molar-refractivity contribution in [1.82, 2.24) is 15.1 Å². The van der Waals surface area contributed by atoms with E-state index >= 15 is 0 Å². The Morgan fingerprint density at radius 1 is 1.05 bits per heavy atom. The quantitative estimate of drug-likeness (QED) is 0.454. The van der Waals surface area contributed by atoms with Gasteiger partial charge in [-0.05, 0) is 88.9 Å². The zero-order valence-corrected chi connectivity index (χ0v) is 25.4. The molecule has 218 valence electrons. The molecule has 0 aromatic heterocycles. The highest BCUT2D eigenvalue weighted by Gasteiger charge is 2.47.